The molecule has 0 bridgehead atoms. The van der Waals surface area contributed by atoms with Gasteiger partial charge in [-0.2, -0.15) is 0 Å². The number of aliphatic hydroxyl groups is 1. The van der Waals surface area contributed by atoms with Gasteiger partial charge in [0.25, 0.3) is 0 Å². The van der Waals surface area contributed by atoms with Gasteiger partial charge in [-0.1, -0.05) is 18.2 Å². The maximum absolute atomic E-state index is 11.5. The van der Waals surface area contributed by atoms with E-state index in [0.29, 0.717) is 25.8 Å². The summed E-state index contributed by atoms with van der Waals surface area (Å²) in [7, 11) is 0. The number of hydrogen-bond acceptors (Lipinski definition) is 3. The minimum atomic E-state index is -0.375. The first-order chi connectivity index (χ1) is 8.09. The fraction of sp³-hybridized carbons (Fsp3) is 0.462. The van der Waals surface area contributed by atoms with Crippen LogP contribution in [0.4, 0.5) is 5.69 Å². The lowest BCUT2D eigenvalue weighted by Crippen LogP contribution is -2.26. The van der Waals surface area contributed by atoms with E-state index < -0.39 is 0 Å². The van der Waals surface area contributed by atoms with Crippen LogP contribution in [0, 0.1) is 0 Å². The molecule has 0 radical (unpaired) electrons. The summed E-state index contributed by atoms with van der Waals surface area (Å²) in [6, 6.07) is 7.55. The lowest BCUT2D eigenvalue weighted by atomic mass is 10.1. The molecule has 4 N–H and O–H groups in total. The Morgan fingerprint density at radius 2 is 2.18 bits per heavy atom. The number of para-hydroxylation sites is 1. The topological polar surface area (TPSA) is 75.3 Å². The number of amides is 1. The molecule has 0 aromatic heterocycles. The summed E-state index contributed by atoms with van der Waals surface area (Å²) in [5.41, 5.74) is 7.51. The monoisotopic (exact) mass is 236 g/mol. The maximum atomic E-state index is 11.5. The fourth-order valence-electron chi connectivity index (χ4n) is 1.52. The van der Waals surface area contributed by atoms with Gasteiger partial charge in [-0.25, -0.2) is 0 Å². The molecule has 94 valence electrons. The maximum Gasteiger partial charge on any atom is 0.220 e. The number of carbonyl (C=O) groups is 1. The predicted octanol–water partition coefficient (Wildman–Crippen LogP) is 1.09. The SMILES string of the molecule is CC(O)CCNC(=O)CCc1ccccc1N. The van der Waals surface area contributed by atoms with Crippen LogP contribution in [0.15, 0.2) is 24.3 Å². The lowest BCUT2D eigenvalue weighted by molar-refractivity contribution is -0.121. The molecule has 0 spiro atoms. The summed E-state index contributed by atoms with van der Waals surface area (Å²) in [5, 5.41) is 11.8. The summed E-state index contributed by atoms with van der Waals surface area (Å²) in [6.45, 7) is 2.22. The minimum Gasteiger partial charge on any atom is -0.399 e. The molecule has 0 aliphatic heterocycles. The Kier molecular flexibility index (Phi) is 5.49. The zero-order valence-electron chi connectivity index (χ0n) is 10.1. The summed E-state index contributed by atoms with van der Waals surface area (Å²) < 4.78 is 0. The Morgan fingerprint density at radius 1 is 1.47 bits per heavy atom. The minimum absolute atomic E-state index is 0.00565. The molecule has 1 rings (SSSR count). The number of rotatable bonds is 6. The molecule has 17 heavy (non-hydrogen) atoms. The van der Waals surface area contributed by atoms with E-state index in [4.69, 9.17) is 10.8 Å². The zero-order chi connectivity index (χ0) is 12.7. The van der Waals surface area contributed by atoms with Crippen LogP contribution < -0.4 is 11.1 Å². The highest BCUT2D eigenvalue weighted by atomic mass is 16.3. The van der Waals surface area contributed by atoms with E-state index >= 15 is 0 Å². The average molecular weight is 236 g/mol. The van der Waals surface area contributed by atoms with Crippen LogP contribution in [0.3, 0.4) is 0 Å². The normalized spacial score (nSPS) is 12.1. The smallest absolute Gasteiger partial charge is 0.220 e. The van der Waals surface area contributed by atoms with E-state index in [1.165, 1.54) is 0 Å². The fourth-order valence-corrected chi connectivity index (χ4v) is 1.52. The molecular formula is C13H20N2O2. The standard InChI is InChI=1S/C13H20N2O2/c1-10(16)8-9-15-13(17)7-6-11-4-2-3-5-12(11)14/h2-5,10,16H,6-9,14H2,1H3,(H,15,17). The van der Waals surface area contributed by atoms with Crippen LogP contribution >= 0.6 is 0 Å². The van der Waals surface area contributed by atoms with Crippen LogP contribution in [0.2, 0.25) is 0 Å². The van der Waals surface area contributed by atoms with Crippen LogP contribution in [-0.2, 0) is 11.2 Å². The first-order valence-corrected chi connectivity index (χ1v) is 5.87. The van der Waals surface area contributed by atoms with Crippen molar-refractivity contribution in [1.82, 2.24) is 5.32 Å². The Balaban J connectivity index is 2.26. The first-order valence-electron chi connectivity index (χ1n) is 5.87. The Hall–Kier alpha value is -1.55. The van der Waals surface area contributed by atoms with Crippen LogP contribution in [0.1, 0.15) is 25.3 Å². The van der Waals surface area contributed by atoms with Crippen molar-refractivity contribution in [3.8, 4) is 0 Å². The number of carbonyl (C=O) groups excluding carboxylic acids is 1. The van der Waals surface area contributed by atoms with Gasteiger partial charge in [0.15, 0.2) is 0 Å². The molecule has 1 aromatic rings. The molecule has 0 aliphatic carbocycles. The lowest BCUT2D eigenvalue weighted by Gasteiger charge is -2.07. The number of aliphatic hydroxyl groups excluding tert-OH is 1. The van der Waals surface area contributed by atoms with Crippen molar-refractivity contribution in [3.63, 3.8) is 0 Å². The number of nitrogens with two attached hydrogens (primary N) is 1. The van der Waals surface area contributed by atoms with Crippen LogP contribution in [0.25, 0.3) is 0 Å². The Bertz CT molecular complexity index is 364. The number of hydrogen-bond donors (Lipinski definition) is 3. The van der Waals surface area contributed by atoms with E-state index in [1.54, 1.807) is 6.92 Å². The average Bonchev–Trinajstić information content (AvgIpc) is 2.27. The van der Waals surface area contributed by atoms with Gasteiger partial charge < -0.3 is 16.2 Å². The molecule has 0 aliphatic rings. The largest absolute Gasteiger partial charge is 0.399 e. The van der Waals surface area contributed by atoms with Gasteiger partial charge in [-0.15, -0.1) is 0 Å². The van der Waals surface area contributed by atoms with Crippen molar-refractivity contribution in [2.24, 2.45) is 0 Å². The Morgan fingerprint density at radius 3 is 2.82 bits per heavy atom. The second-order valence-electron chi connectivity index (χ2n) is 4.19. The zero-order valence-corrected chi connectivity index (χ0v) is 10.1. The van der Waals surface area contributed by atoms with Gasteiger partial charge in [0.1, 0.15) is 0 Å². The van der Waals surface area contributed by atoms with E-state index in [9.17, 15) is 4.79 Å². The third kappa shape index (κ3) is 5.36. The van der Waals surface area contributed by atoms with Crippen molar-refractivity contribution in [3.05, 3.63) is 29.8 Å². The van der Waals surface area contributed by atoms with Crippen molar-refractivity contribution < 1.29 is 9.90 Å². The van der Waals surface area contributed by atoms with E-state index in [-0.39, 0.29) is 12.0 Å². The number of benzene rings is 1. The summed E-state index contributed by atoms with van der Waals surface area (Å²) in [4.78, 5) is 11.5. The van der Waals surface area contributed by atoms with Crippen molar-refractivity contribution in [2.75, 3.05) is 12.3 Å². The first kappa shape index (κ1) is 13.5. The van der Waals surface area contributed by atoms with Crippen LogP contribution in [-0.4, -0.2) is 23.7 Å². The third-order valence-electron chi connectivity index (χ3n) is 2.56. The van der Waals surface area contributed by atoms with Gasteiger partial charge in [0.05, 0.1) is 6.10 Å². The Labute approximate surface area is 102 Å². The van der Waals surface area contributed by atoms with E-state index in [2.05, 4.69) is 5.32 Å². The summed E-state index contributed by atoms with van der Waals surface area (Å²) >= 11 is 0. The summed E-state index contributed by atoms with van der Waals surface area (Å²) in [5.74, 6) is -0.00565. The van der Waals surface area contributed by atoms with Crippen molar-refractivity contribution >= 4 is 11.6 Å². The summed E-state index contributed by atoms with van der Waals surface area (Å²) in [6.07, 6.45) is 1.28. The van der Waals surface area contributed by atoms with Gasteiger partial charge in [-0.05, 0) is 31.4 Å². The highest BCUT2D eigenvalue weighted by Crippen LogP contribution is 2.12. The van der Waals surface area contributed by atoms with Gasteiger partial charge >= 0.3 is 0 Å². The highest BCUT2D eigenvalue weighted by Gasteiger charge is 2.04. The molecule has 0 saturated heterocycles. The molecule has 4 heteroatoms. The van der Waals surface area contributed by atoms with E-state index in [0.717, 1.165) is 11.3 Å². The highest BCUT2D eigenvalue weighted by molar-refractivity contribution is 5.76. The molecule has 1 unspecified atom stereocenters. The molecule has 1 atom stereocenters. The van der Waals surface area contributed by atoms with Gasteiger partial charge in [0, 0.05) is 18.7 Å². The number of aryl methyl sites for hydroxylation is 1. The molecule has 0 saturated carbocycles. The van der Waals surface area contributed by atoms with Crippen molar-refractivity contribution in [2.45, 2.75) is 32.3 Å². The molecular weight excluding hydrogens is 216 g/mol. The molecule has 0 fully saturated rings. The number of nitrogen functional groups attached to an aromatic ring is 1. The molecule has 4 nitrogen and oxygen atoms in total. The second-order valence-corrected chi connectivity index (χ2v) is 4.19. The number of nitrogens with one attached hydrogen (secondary N) is 1. The van der Waals surface area contributed by atoms with Crippen LogP contribution in [0.5, 0.6) is 0 Å². The molecule has 1 amide bonds. The van der Waals surface area contributed by atoms with Crippen molar-refractivity contribution in [1.29, 1.82) is 0 Å². The quantitative estimate of drug-likeness (QED) is 0.647. The molecule has 1 aromatic carbocycles. The second kappa shape index (κ2) is 6.91. The molecule has 0 heterocycles. The predicted molar refractivity (Wildman–Crippen MR) is 68.5 cm³/mol. The number of anilines is 1. The van der Waals surface area contributed by atoms with E-state index in [1.807, 2.05) is 24.3 Å². The van der Waals surface area contributed by atoms with Gasteiger partial charge in [0.2, 0.25) is 5.91 Å². The van der Waals surface area contributed by atoms with Gasteiger partial charge in [-0.3, -0.25) is 4.79 Å². The third-order valence-corrected chi connectivity index (χ3v) is 2.56.